The van der Waals surface area contributed by atoms with E-state index < -0.39 is 29.9 Å². The van der Waals surface area contributed by atoms with Crippen molar-refractivity contribution in [3.05, 3.63) is 75.8 Å². The number of aromatic amines is 1. The molecule has 0 saturated carbocycles. The van der Waals surface area contributed by atoms with E-state index in [0.717, 1.165) is 11.3 Å². The lowest BCUT2D eigenvalue weighted by Crippen LogP contribution is -2.30. The molecular weight excluding hydrogens is 469 g/mol. The van der Waals surface area contributed by atoms with E-state index in [4.69, 9.17) is 4.74 Å². The average molecular weight is 488 g/mol. The Kier molecular flexibility index (Phi) is 6.64. The highest BCUT2D eigenvalue weighted by atomic mass is 32.1. The van der Waals surface area contributed by atoms with E-state index in [-0.39, 0.29) is 34.2 Å². The number of esters is 1. The van der Waals surface area contributed by atoms with Gasteiger partial charge in [0.2, 0.25) is 0 Å². The molecule has 0 unspecified atom stereocenters. The lowest BCUT2D eigenvalue weighted by molar-refractivity contribution is 0.0531. The maximum atomic E-state index is 13.5. The molecule has 4 rings (SSSR count). The second-order valence-corrected chi connectivity index (χ2v) is 8.28. The molecule has 4 aromatic rings. The highest BCUT2D eigenvalue weighted by molar-refractivity contribution is 7.17. The van der Waals surface area contributed by atoms with Crippen molar-refractivity contribution in [1.82, 2.24) is 15.0 Å². The Morgan fingerprint density at radius 3 is 2.56 bits per heavy atom. The normalized spacial score (nSPS) is 11.2. The standard InChI is InChI=1S/C23H19F3N4O3S/c1-3-33-22(32)18-12(2)27-23(34-18)30(11-13-4-7-15(24)8-5-13)21(31)14-6-9-16-17(10-14)29-20(28-16)19(25)26/h4-10,19H,3,11H2,1-2H3,(H,28,29). The summed E-state index contributed by atoms with van der Waals surface area (Å²) >= 11 is 0.999. The largest absolute Gasteiger partial charge is 0.462 e. The number of H-pyrrole nitrogens is 1. The second kappa shape index (κ2) is 9.64. The number of hydrogen-bond acceptors (Lipinski definition) is 6. The molecule has 176 valence electrons. The number of aromatic nitrogens is 3. The quantitative estimate of drug-likeness (QED) is 0.351. The van der Waals surface area contributed by atoms with E-state index in [1.807, 2.05) is 0 Å². The van der Waals surface area contributed by atoms with Crippen LogP contribution in [-0.2, 0) is 11.3 Å². The number of benzene rings is 2. The summed E-state index contributed by atoms with van der Waals surface area (Å²) in [5, 5.41) is 0.243. The first kappa shape index (κ1) is 23.4. The molecule has 0 aliphatic heterocycles. The zero-order valence-electron chi connectivity index (χ0n) is 18.1. The van der Waals surface area contributed by atoms with Crippen LogP contribution in [0.5, 0.6) is 0 Å². The summed E-state index contributed by atoms with van der Waals surface area (Å²) in [5.74, 6) is -1.94. The maximum Gasteiger partial charge on any atom is 0.350 e. The summed E-state index contributed by atoms with van der Waals surface area (Å²) in [6.07, 6.45) is -2.78. The first-order valence-corrected chi connectivity index (χ1v) is 11.1. The molecule has 0 saturated heterocycles. The molecule has 34 heavy (non-hydrogen) atoms. The van der Waals surface area contributed by atoms with Crippen LogP contribution in [0.3, 0.4) is 0 Å². The number of anilines is 1. The number of halogens is 3. The number of hydrogen-bond donors (Lipinski definition) is 1. The first-order chi connectivity index (χ1) is 16.3. The number of amides is 1. The molecule has 0 bridgehead atoms. The summed E-state index contributed by atoms with van der Waals surface area (Å²) in [7, 11) is 0. The van der Waals surface area contributed by atoms with Crippen LogP contribution in [0.25, 0.3) is 11.0 Å². The molecule has 0 fully saturated rings. The minimum Gasteiger partial charge on any atom is -0.462 e. The number of imidazole rings is 1. The fourth-order valence-corrected chi connectivity index (χ4v) is 4.26. The molecule has 0 atom stereocenters. The van der Waals surface area contributed by atoms with Crippen molar-refractivity contribution < 1.29 is 27.5 Å². The van der Waals surface area contributed by atoms with Crippen LogP contribution in [0.4, 0.5) is 18.3 Å². The van der Waals surface area contributed by atoms with Gasteiger partial charge in [0, 0.05) is 5.56 Å². The Bertz CT molecular complexity index is 1350. The van der Waals surface area contributed by atoms with Gasteiger partial charge < -0.3 is 9.72 Å². The fourth-order valence-electron chi connectivity index (χ4n) is 3.30. The Balaban J connectivity index is 1.74. The Morgan fingerprint density at radius 1 is 1.15 bits per heavy atom. The van der Waals surface area contributed by atoms with Crippen LogP contribution in [0, 0.1) is 12.7 Å². The van der Waals surface area contributed by atoms with Gasteiger partial charge >= 0.3 is 5.97 Å². The highest BCUT2D eigenvalue weighted by Crippen LogP contribution is 2.30. The number of aryl methyl sites for hydroxylation is 1. The van der Waals surface area contributed by atoms with Gasteiger partial charge in [0.05, 0.1) is 29.9 Å². The van der Waals surface area contributed by atoms with Gasteiger partial charge in [0.15, 0.2) is 11.0 Å². The molecule has 11 heteroatoms. The van der Waals surface area contributed by atoms with Gasteiger partial charge in [-0.15, -0.1) is 0 Å². The summed E-state index contributed by atoms with van der Waals surface area (Å²) in [6.45, 7) is 3.55. The molecule has 0 aliphatic carbocycles. The number of rotatable bonds is 7. The van der Waals surface area contributed by atoms with Crippen LogP contribution in [0.15, 0.2) is 42.5 Å². The summed E-state index contributed by atoms with van der Waals surface area (Å²) in [6, 6.07) is 10.0. The number of ether oxygens (including phenoxy) is 1. The van der Waals surface area contributed by atoms with E-state index in [1.54, 1.807) is 13.8 Å². The second-order valence-electron chi connectivity index (χ2n) is 7.30. The van der Waals surface area contributed by atoms with Crippen molar-refractivity contribution >= 4 is 39.4 Å². The third-order valence-electron chi connectivity index (χ3n) is 4.93. The van der Waals surface area contributed by atoms with Crippen molar-refractivity contribution in [3.63, 3.8) is 0 Å². The third kappa shape index (κ3) is 4.79. The molecule has 0 spiro atoms. The lowest BCUT2D eigenvalue weighted by Gasteiger charge is -2.20. The number of alkyl halides is 2. The molecule has 0 radical (unpaired) electrons. The first-order valence-electron chi connectivity index (χ1n) is 10.3. The predicted octanol–water partition coefficient (Wildman–Crippen LogP) is 5.43. The van der Waals surface area contributed by atoms with Crippen molar-refractivity contribution in [2.75, 3.05) is 11.5 Å². The number of thiazole rings is 1. The van der Waals surface area contributed by atoms with E-state index in [1.165, 1.54) is 47.4 Å². The molecule has 2 heterocycles. The molecule has 0 aliphatic rings. The van der Waals surface area contributed by atoms with Crippen LogP contribution < -0.4 is 4.90 Å². The fraction of sp³-hybridized carbons (Fsp3) is 0.217. The SMILES string of the molecule is CCOC(=O)c1sc(N(Cc2ccc(F)cc2)C(=O)c2ccc3nc(C(F)F)[nH]c3c2)nc1C. The van der Waals surface area contributed by atoms with Gasteiger partial charge in [-0.3, -0.25) is 9.69 Å². The van der Waals surface area contributed by atoms with Crippen LogP contribution >= 0.6 is 11.3 Å². The van der Waals surface area contributed by atoms with Crippen LogP contribution in [0.1, 0.15) is 50.5 Å². The molecule has 1 N–H and O–H groups in total. The smallest absolute Gasteiger partial charge is 0.350 e. The number of carbonyl (C=O) groups excluding carboxylic acids is 2. The summed E-state index contributed by atoms with van der Waals surface area (Å²) in [5.41, 5.74) is 1.81. The Hall–Kier alpha value is -3.73. The minimum atomic E-state index is -2.78. The monoisotopic (exact) mass is 488 g/mol. The van der Waals surface area contributed by atoms with Crippen LogP contribution in [0.2, 0.25) is 0 Å². The van der Waals surface area contributed by atoms with Crippen LogP contribution in [-0.4, -0.2) is 33.4 Å². The molecular formula is C23H19F3N4O3S. The van der Waals surface area contributed by atoms with Crippen molar-refractivity contribution in [2.24, 2.45) is 0 Å². The van der Waals surface area contributed by atoms with Crippen molar-refractivity contribution in [2.45, 2.75) is 26.8 Å². The number of carbonyl (C=O) groups is 2. The summed E-state index contributed by atoms with van der Waals surface area (Å²) in [4.78, 5) is 38.1. The van der Waals surface area contributed by atoms with Gasteiger partial charge in [-0.1, -0.05) is 23.5 Å². The van der Waals surface area contributed by atoms with Crippen molar-refractivity contribution in [3.8, 4) is 0 Å². The Labute approximate surface area is 196 Å². The van der Waals surface area contributed by atoms with Gasteiger partial charge in [-0.05, 0) is 49.7 Å². The lowest BCUT2D eigenvalue weighted by atomic mass is 10.1. The van der Waals surface area contributed by atoms with E-state index >= 15 is 0 Å². The number of nitrogens with zero attached hydrogens (tertiary/aromatic N) is 3. The van der Waals surface area contributed by atoms with Gasteiger partial charge in [0.1, 0.15) is 10.7 Å². The number of nitrogens with one attached hydrogen (secondary N) is 1. The topological polar surface area (TPSA) is 88.2 Å². The van der Waals surface area contributed by atoms with E-state index in [0.29, 0.717) is 16.8 Å². The average Bonchev–Trinajstić information content (AvgIpc) is 3.41. The maximum absolute atomic E-state index is 13.5. The van der Waals surface area contributed by atoms with Gasteiger partial charge in [0.25, 0.3) is 12.3 Å². The van der Waals surface area contributed by atoms with Crippen molar-refractivity contribution in [1.29, 1.82) is 0 Å². The minimum absolute atomic E-state index is 0.0393. The summed E-state index contributed by atoms with van der Waals surface area (Å²) < 4.78 is 44.5. The highest BCUT2D eigenvalue weighted by Gasteiger charge is 2.26. The third-order valence-corrected chi connectivity index (χ3v) is 6.09. The zero-order valence-corrected chi connectivity index (χ0v) is 19.0. The predicted molar refractivity (Wildman–Crippen MR) is 121 cm³/mol. The molecule has 2 aromatic heterocycles. The Morgan fingerprint density at radius 2 is 1.88 bits per heavy atom. The molecule has 2 aromatic carbocycles. The zero-order chi connectivity index (χ0) is 24.4. The van der Waals surface area contributed by atoms with E-state index in [9.17, 15) is 22.8 Å². The molecule has 7 nitrogen and oxygen atoms in total. The van der Waals surface area contributed by atoms with Gasteiger partial charge in [-0.25, -0.2) is 27.9 Å². The number of fused-ring (bicyclic) bond motifs is 1. The molecule has 1 amide bonds. The van der Waals surface area contributed by atoms with Gasteiger partial charge in [-0.2, -0.15) is 0 Å². The van der Waals surface area contributed by atoms with E-state index in [2.05, 4.69) is 15.0 Å².